The number of anilines is 6. The van der Waals surface area contributed by atoms with Gasteiger partial charge in [0.2, 0.25) is 0 Å². The number of hydrogen-bond donors (Lipinski definition) is 3. The summed E-state index contributed by atoms with van der Waals surface area (Å²) in [5, 5.41) is 5.19. The van der Waals surface area contributed by atoms with Crippen molar-refractivity contribution in [2.45, 2.75) is 0 Å². The standard InChI is InChI=1S/C22H19IN6/c23-16-11-13-17(14-12-16)27-21-20(24)22(26-15-25-21)28-29(18-7-3-1-4-8-18)19-9-5-2-6-10-19/h1-15H,24H2,(H2,25,26,27,28). The van der Waals surface area contributed by atoms with Gasteiger partial charge in [0.05, 0.1) is 11.4 Å². The highest BCUT2D eigenvalue weighted by molar-refractivity contribution is 14.1. The van der Waals surface area contributed by atoms with Crippen molar-refractivity contribution in [1.29, 1.82) is 0 Å². The zero-order valence-electron chi connectivity index (χ0n) is 15.5. The molecule has 0 amide bonds. The third kappa shape index (κ3) is 4.57. The van der Waals surface area contributed by atoms with E-state index in [1.165, 1.54) is 6.33 Å². The maximum absolute atomic E-state index is 6.39. The number of hydrogen-bond acceptors (Lipinski definition) is 6. The second-order valence-corrected chi connectivity index (χ2v) is 7.48. The molecule has 6 nitrogen and oxygen atoms in total. The normalized spacial score (nSPS) is 10.4. The molecule has 0 spiro atoms. The van der Waals surface area contributed by atoms with Crippen LogP contribution in [-0.2, 0) is 0 Å². The summed E-state index contributed by atoms with van der Waals surface area (Å²) in [5.41, 5.74) is 13.0. The molecule has 7 heteroatoms. The Kier molecular flexibility index (Phi) is 5.76. The number of rotatable bonds is 6. The Labute approximate surface area is 182 Å². The molecule has 4 rings (SSSR count). The lowest BCUT2D eigenvalue weighted by Gasteiger charge is -2.26. The van der Waals surface area contributed by atoms with Gasteiger partial charge in [-0.15, -0.1) is 0 Å². The minimum Gasteiger partial charge on any atom is -0.393 e. The Morgan fingerprint density at radius 3 is 1.86 bits per heavy atom. The molecule has 0 aliphatic carbocycles. The molecule has 4 N–H and O–H groups in total. The van der Waals surface area contributed by atoms with E-state index in [-0.39, 0.29) is 0 Å². The molecule has 1 aromatic heterocycles. The maximum Gasteiger partial charge on any atom is 0.173 e. The number of nitrogens with two attached hydrogens (primary N) is 1. The van der Waals surface area contributed by atoms with Gasteiger partial charge in [-0.3, -0.25) is 10.4 Å². The topological polar surface area (TPSA) is 79.1 Å². The van der Waals surface area contributed by atoms with E-state index in [0.717, 1.165) is 20.6 Å². The Balaban J connectivity index is 1.65. The van der Waals surface area contributed by atoms with Gasteiger partial charge < -0.3 is 11.1 Å². The van der Waals surface area contributed by atoms with E-state index in [4.69, 9.17) is 5.73 Å². The molecular formula is C22H19IN6. The van der Waals surface area contributed by atoms with E-state index in [9.17, 15) is 0 Å². The van der Waals surface area contributed by atoms with Gasteiger partial charge >= 0.3 is 0 Å². The molecule has 0 radical (unpaired) electrons. The highest BCUT2D eigenvalue weighted by atomic mass is 127. The molecule has 0 aliphatic heterocycles. The lowest BCUT2D eigenvalue weighted by Crippen LogP contribution is -2.26. The molecular weight excluding hydrogens is 475 g/mol. The quantitative estimate of drug-likeness (QED) is 0.240. The van der Waals surface area contributed by atoms with Crippen LogP contribution in [0.5, 0.6) is 0 Å². The molecule has 29 heavy (non-hydrogen) atoms. The Morgan fingerprint density at radius 2 is 1.28 bits per heavy atom. The first-order chi connectivity index (χ1) is 14.2. The number of nitrogens with zero attached hydrogens (tertiary/aromatic N) is 3. The van der Waals surface area contributed by atoms with Crippen LogP contribution < -0.4 is 21.5 Å². The molecule has 1 heterocycles. The number of aromatic nitrogens is 2. The molecule has 0 saturated carbocycles. The fourth-order valence-electron chi connectivity index (χ4n) is 2.79. The smallest absolute Gasteiger partial charge is 0.173 e. The van der Waals surface area contributed by atoms with E-state index in [0.29, 0.717) is 17.3 Å². The monoisotopic (exact) mass is 494 g/mol. The molecule has 144 valence electrons. The van der Waals surface area contributed by atoms with Crippen LogP contribution >= 0.6 is 22.6 Å². The predicted octanol–water partition coefficient (Wildman–Crippen LogP) is 5.57. The van der Waals surface area contributed by atoms with E-state index in [1.54, 1.807) is 0 Å². The number of hydrazine groups is 1. The summed E-state index contributed by atoms with van der Waals surface area (Å²) in [7, 11) is 0. The summed E-state index contributed by atoms with van der Waals surface area (Å²) in [5.74, 6) is 1.06. The van der Waals surface area contributed by atoms with Crippen molar-refractivity contribution >= 4 is 57.0 Å². The maximum atomic E-state index is 6.39. The average Bonchev–Trinajstić information content (AvgIpc) is 2.77. The van der Waals surface area contributed by atoms with Gasteiger partial charge in [0.1, 0.15) is 12.0 Å². The first-order valence-corrected chi connectivity index (χ1v) is 10.1. The summed E-state index contributed by atoms with van der Waals surface area (Å²) in [4.78, 5) is 8.66. The largest absolute Gasteiger partial charge is 0.393 e. The minimum absolute atomic E-state index is 0.433. The third-order valence-electron chi connectivity index (χ3n) is 4.24. The van der Waals surface area contributed by atoms with Gasteiger partial charge in [-0.25, -0.2) is 9.97 Å². The first-order valence-electron chi connectivity index (χ1n) is 9.00. The number of halogens is 1. The Morgan fingerprint density at radius 1 is 0.724 bits per heavy atom. The molecule has 4 aromatic rings. The zero-order valence-corrected chi connectivity index (χ0v) is 17.6. The molecule has 0 unspecified atom stereocenters. The van der Waals surface area contributed by atoms with Gasteiger partial charge in [0.15, 0.2) is 11.6 Å². The number of nitrogens with one attached hydrogen (secondary N) is 2. The Hall–Kier alpha value is -3.33. The van der Waals surface area contributed by atoms with Crippen molar-refractivity contribution in [3.8, 4) is 0 Å². The predicted molar refractivity (Wildman–Crippen MR) is 128 cm³/mol. The molecule has 3 aromatic carbocycles. The zero-order chi connectivity index (χ0) is 20.1. The third-order valence-corrected chi connectivity index (χ3v) is 4.96. The SMILES string of the molecule is Nc1c(Nc2ccc(I)cc2)ncnc1NN(c1ccccc1)c1ccccc1. The van der Waals surface area contributed by atoms with Crippen LogP contribution in [0.15, 0.2) is 91.3 Å². The molecule has 0 fully saturated rings. The summed E-state index contributed by atoms with van der Waals surface area (Å²) in [6.45, 7) is 0. The number of para-hydroxylation sites is 2. The summed E-state index contributed by atoms with van der Waals surface area (Å²) in [6, 6.07) is 28.0. The van der Waals surface area contributed by atoms with E-state index >= 15 is 0 Å². The van der Waals surface area contributed by atoms with Crippen molar-refractivity contribution in [1.82, 2.24) is 9.97 Å². The number of nitrogen functional groups attached to an aromatic ring is 1. The van der Waals surface area contributed by atoms with Crippen molar-refractivity contribution in [3.05, 3.63) is 94.8 Å². The number of benzene rings is 3. The van der Waals surface area contributed by atoms with Crippen LogP contribution in [0.1, 0.15) is 0 Å². The molecule has 0 atom stereocenters. The van der Waals surface area contributed by atoms with E-state index in [1.807, 2.05) is 89.9 Å². The van der Waals surface area contributed by atoms with Gasteiger partial charge in [-0.1, -0.05) is 36.4 Å². The second kappa shape index (κ2) is 8.78. The van der Waals surface area contributed by atoms with Crippen molar-refractivity contribution in [2.24, 2.45) is 0 Å². The summed E-state index contributed by atoms with van der Waals surface area (Å²) >= 11 is 2.27. The van der Waals surface area contributed by atoms with Gasteiger partial charge in [-0.2, -0.15) is 0 Å². The van der Waals surface area contributed by atoms with Gasteiger partial charge in [0, 0.05) is 9.26 Å². The van der Waals surface area contributed by atoms with Gasteiger partial charge in [-0.05, 0) is 71.1 Å². The van der Waals surface area contributed by atoms with Crippen LogP contribution in [0.4, 0.5) is 34.4 Å². The average molecular weight is 494 g/mol. The van der Waals surface area contributed by atoms with Crippen LogP contribution in [0.2, 0.25) is 0 Å². The first kappa shape index (κ1) is 19.0. The highest BCUT2D eigenvalue weighted by Gasteiger charge is 2.14. The fourth-order valence-corrected chi connectivity index (χ4v) is 3.15. The van der Waals surface area contributed by atoms with Crippen LogP contribution in [0.3, 0.4) is 0 Å². The van der Waals surface area contributed by atoms with Crippen molar-refractivity contribution < 1.29 is 0 Å². The minimum atomic E-state index is 0.433. The summed E-state index contributed by atoms with van der Waals surface area (Å²) in [6.07, 6.45) is 1.49. The lowest BCUT2D eigenvalue weighted by molar-refractivity contribution is 1.09. The lowest BCUT2D eigenvalue weighted by atomic mass is 10.2. The van der Waals surface area contributed by atoms with Crippen LogP contribution in [-0.4, -0.2) is 9.97 Å². The fraction of sp³-hybridized carbons (Fsp3) is 0. The second-order valence-electron chi connectivity index (χ2n) is 6.23. The Bertz CT molecular complexity index is 1030. The highest BCUT2D eigenvalue weighted by Crippen LogP contribution is 2.30. The van der Waals surface area contributed by atoms with E-state index in [2.05, 4.69) is 43.3 Å². The molecule has 0 saturated heterocycles. The van der Waals surface area contributed by atoms with Gasteiger partial charge in [0.25, 0.3) is 0 Å². The van der Waals surface area contributed by atoms with E-state index < -0.39 is 0 Å². The van der Waals surface area contributed by atoms with Crippen LogP contribution in [0, 0.1) is 3.57 Å². The molecule has 0 bridgehead atoms. The molecule has 0 aliphatic rings. The summed E-state index contributed by atoms with van der Waals surface area (Å²) < 4.78 is 1.16. The van der Waals surface area contributed by atoms with Crippen molar-refractivity contribution in [2.75, 3.05) is 21.5 Å². The van der Waals surface area contributed by atoms with Crippen molar-refractivity contribution in [3.63, 3.8) is 0 Å². The van der Waals surface area contributed by atoms with Crippen LogP contribution in [0.25, 0.3) is 0 Å².